The molecule has 0 saturated heterocycles. The van der Waals surface area contributed by atoms with Crippen LogP contribution in [0.25, 0.3) is 0 Å². The van der Waals surface area contributed by atoms with Crippen LogP contribution in [0.1, 0.15) is 30.6 Å². The van der Waals surface area contributed by atoms with Gasteiger partial charge in [0.05, 0.1) is 5.56 Å². The van der Waals surface area contributed by atoms with Crippen molar-refractivity contribution in [2.45, 2.75) is 20.3 Å². The number of carboxylic acids is 1. The fourth-order valence-corrected chi connectivity index (χ4v) is 1.28. The number of carbonyl (C=O) groups excluding carboxylic acids is 1. The molecule has 16 heavy (non-hydrogen) atoms. The van der Waals surface area contributed by atoms with Crippen molar-refractivity contribution in [1.29, 1.82) is 0 Å². The maximum atomic E-state index is 11.4. The van der Waals surface area contributed by atoms with Crippen molar-refractivity contribution in [2.24, 2.45) is 5.92 Å². The molecule has 0 unspecified atom stereocenters. The number of carbonyl (C=O) groups is 2. The summed E-state index contributed by atoms with van der Waals surface area (Å²) in [6.07, 6.45) is 0.459. The molecule has 0 fully saturated rings. The Kier molecular flexibility index (Phi) is 4.05. The zero-order valence-corrected chi connectivity index (χ0v) is 9.36. The molecule has 0 aliphatic carbocycles. The van der Waals surface area contributed by atoms with Gasteiger partial charge in [-0.2, -0.15) is 0 Å². The van der Waals surface area contributed by atoms with E-state index in [9.17, 15) is 9.59 Å². The molecule has 0 aliphatic rings. The number of hydrogen-bond donors (Lipinski definition) is 2. The summed E-state index contributed by atoms with van der Waals surface area (Å²) >= 11 is 0. The molecule has 0 aromatic heterocycles. The summed E-state index contributed by atoms with van der Waals surface area (Å²) in [6, 6.07) is 6.10. The Bertz CT molecular complexity index is 382. The van der Waals surface area contributed by atoms with Gasteiger partial charge in [0.25, 0.3) is 0 Å². The predicted octanol–water partition coefficient (Wildman–Crippen LogP) is 2.37. The van der Waals surface area contributed by atoms with Crippen molar-refractivity contribution in [2.75, 3.05) is 5.32 Å². The lowest BCUT2D eigenvalue weighted by atomic mass is 10.1. The van der Waals surface area contributed by atoms with E-state index in [1.165, 1.54) is 12.1 Å². The summed E-state index contributed by atoms with van der Waals surface area (Å²) < 4.78 is 0. The Morgan fingerprint density at radius 1 is 1.25 bits per heavy atom. The second kappa shape index (κ2) is 5.30. The topological polar surface area (TPSA) is 66.4 Å². The van der Waals surface area contributed by atoms with Crippen LogP contribution in [0.2, 0.25) is 0 Å². The van der Waals surface area contributed by atoms with E-state index in [1.54, 1.807) is 12.1 Å². The Labute approximate surface area is 94.3 Å². The van der Waals surface area contributed by atoms with Crippen molar-refractivity contribution in [1.82, 2.24) is 0 Å². The molecule has 86 valence electrons. The highest BCUT2D eigenvalue weighted by Crippen LogP contribution is 2.11. The van der Waals surface area contributed by atoms with Gasteiger partial charge in [-0.3, -0.25) is 4.79 Å². The van der Waals surface area contributed by atoms with Crippen LogP contribution in [0.15, 0.2) is 24.3 Å². The van der Waals surface area contributed by atoms with Crippen molar-refractivity contribution in [3.05, 3.63) is 29.8 Å². The van der Waals surface area contributed by atoms with Gasteiger partial charge >= 0.3 is 5.97 Å². The second-order valence-corrected chi connectivity index (χ2v) is 4.03. The minimum absolute atomic E-state index is 0.0573. The van der Waals surface area contributed by atoms with Gasteiger partial charge in [-0.05, 0) is 30.2 Å². The van der Waals surface area contributed by atoms with E-state index in [-0.39, 0.29) is 11.5 Å². The lowest BCUT2D eigenvalue weighted by Crippen LogP contribution is -2.13. The Balaban J connectivity index is 2.62. The molecule has 4 heteroatoms. The third kappa shape index (κ3) is 3.73. The first-order valence-electron chi connectivity index (χ1n) is 5.12. The molecule has 0 bridgehead atoms. The molecule has 0 atom stereocenters. The van der Waals surface area contributed by atoms with Gasteiger partial charge < -0.3 is 10.4 Å². The third-order valence-electron chi connectivity index (χ3n) is 2.01. The van der Waals surface area contributed by atoms with E-state index in [4.69, 9.17) is 5.11 Å². The predicted molar refractivity (Wildman–Crippen MR) is 61.5 cm³/mol. The quantitative estimate of drug-likeness (QED) is 0.820. The van der Waals surface area contributed by atoms with Crippen LogP contribution in [0, 0.1) is 5.92 Å². The largest absolute Gasteiger partial charge is 0.478 e. The smallest absolute Gasteiger partial charge is 0.335 e. The van der Waals surface area contributed by atoms with Crippen LogP contribution in [0.4, 0.5) is 5.69 Å². The molecule has 0 radical (unpaired) electrons. The van der Waals surface area contributed by atoms with Crippen LogP contribution in [0.3, 0.4) is 0 Å². The molecular formula is C12H15NO3. The first kappa shape index (κ1) is 12.2. The molecule has 0 heterocycles. The van der Waals surface area contributed by atoms with Gasteiger partial charge in [0.1, 0.15) is 0 Å². The Morgan fingerprint density at radius 3 is 2.25 bits per heavy atom. The number of benzene rings is 1. The first-order chi connectivity index (χ1) is 7.49. The van der Waals surface area contributed by atoms with Crippen molar-refractivity contribution < 1.29 is 14.7 Å². The lowest BCUT2D eigenvalue weighted by Gasteiger charge is -2.07. The number of carboxylic acid groups (broad SMARTS) is 1. The Morgan fingerprint density at radius 2 is 1.81 bits per heavy atom. The van der Waals surface area contributed by atoms with Gasteiger partial charge in [-0.25, -0.2) is 4.79 Å². The van der Waals surface area contributed by atoms with E-state index >= 15 is 0 Å². The summed E-state index contributed by atoms with van der Waals surface area (Å²) in [6.45, 7) is 3.93. The highest BCUT2D eigenvalue weighted by molar-refractivity contribution is 5.92. The van der Waals surface area contributed by atoms with Gasteiger partial charge in [0, 0.05) is 12.1 Å². The maximum Gasteiger partial charge on any atom is 0.335 e. The average Bonchev–Trinajstić information content (AvgIpc) is 2.16. The number of anilines is 1. The normalized spacial score (nSPS) is 10.2. The summed E-state index contributed by atoms with van der Waals surface area (Å²) in [4.78, 5) is 22.0. The lowest BCUT2D eigenvalue weighted by molar-refractivity contribution is -0.116. The van der Waals surface area contributed by atoms with Crippen LogP contribution >= 0.6 is 0 Å². The van der Waals surface area contributed by atoms with E-state index in [0.29, 0.717) is 18.0 Å². The average molecular weight is 221 g/mol. The van der Waals surface area contributed by atoms with Gasteiger partial charge in [0.2, 0.25) is 5.91 Å². The summed E-state index contributed by atoms with van der Waals surface area (Å²) in [5.74, 6) is -0.726. The van der Waals surface area contributed by atoms with Crippen molar-refractivity contribution in [3.8, 4) is 0 Å². The molecule has 1 rings (SSSR count). The monoisotopic (exact) mass is 221 g/mol. The van der Waals surface area contributed by atoms with Crippen LogP contribution < -0.4 is 5.32 Å². The summed E-state index contributed by atoms with van der Waals surface area (Å²) in [5, 5.41) is 11.4. The van der Waals surface area contributed by atoms with E-state index in [2.05, 4.69) is 5.32 Å². The van der Waals surface area contributed by atoms with Gasteiger partial charge in [0.15, 0.2) is 0 Å². The molecule has 1 aromatic carbocycles. The standard InChI is InChI=1S/C12H15NO3/c1-8(2)7-11(14)13-10-5-3-9(4-6-10)12(15)16/h3-6,8H,7H2,1-2H3,(H,13,14)(H,15,16). The summed E-state index contributed by atoms with van der Waals surface area (Å²) in [5.41, 5.74) is 0.831. The Hall–Kier alpha value is -1.84. The minimum atomic E-state index is -0.972. The van der Waals surface area contributed by atoms with Crippen molar-refractivity contribution in [3.63, 3.8) is 0 Å². The molecule has 2 N–H and O–H groups in total. The second-order valence-electron chi connectivity index (χ2n) is 4.03. The molecular weight excluding hydrogens is 206 g/mol. The number of rotatable bonds is 4. The highest BCUT2D eigenvalue weighted by atomic mass is 16.4. The van der Waals surface area contributed by atoms with Crippen LogP contribution in [-0.2, 0) is 4.79 Å². The van der Waals surface area contributed by atoms with E-state index in [1.807, 2.05) is 13.8 Å². The number of aromatic carboxylic acids is 1. The highest BCUT2D eigenvalue weighted by Gasteiger charge is 2.06. The number of hydrogen-bond acceptors (Lipinski definition) is 2. The first-order valence-corrected chi connectivity index (χ1v) is 5.12. The van der Waals surface area contributed by atoms with E-state index in [0.717, 1.165) is 0 Å². The van der Waals surface area contributed by atoms with E-state index < -0.39 is 5.97 Å². The zero-order valence-electron chi connectivity index (χ0n) is 9.36. The van der Waals surface area contributed by atoms with Crippen LogP contribution in [-0.4, -0.2) is 17.0 Å². The SMILES string of the molecule is CC(C)CC(=O)Nc1ccc(C(=O)O)cc1. The molecule has 0 aliphatic heterocycles. The molecule has 0 saturated carbocycles. The number of amides is 1. The van der Waals surface area contributed by atoms with Crippen molar-refractivity contribution >= 4 is 17.6 Å². The fourth-order valence-electron chi connectivity index (χ4n) is 1.28. The fraction of sp³-hybridized carbons (Fsp3) is 0.333. The minimum Gasteiger partial charge on any atom is -0.478 e. The molecule has 1 aromatic rings. The number of nitrogens with one attached hydrogen (secondary N) is 1. The van der Waals surface area contributed by atoms with Gasteiger partial charge in [-0.1, -0.05) is 13.8 Å². The maximum absolute atomic E-state index is 11.4. The zero-order chi connectivity index (χ0) is 12.1. The summed E-state index contributed by atoms with van der Waals surface area (Å²) in [7, 11) is 0. The molecule has 1 amide bonds. The molecule has 0 spiro atoms. The molecule has 4 nitrogen and oxygen atoms in total. The third-order valence-corrected chi connectivity index (χ3v) is 2.01. The van der Waals surface area contributed by atoms with Crippen LogP contribution in [0.5, 0.6) is 0 Å². The van der Waals surface area contributed by atoms with Gasteiger partial charge in [-0.15, -0.1) is 0 Å².